The van der Waals surface area contributed by atoms with Crippen LogP contribution in [0.2, 0.25) is 5.02 Å². The molecule has 28 heavy (non-hydrogen) atoms. The van der Waals surface area contributed by atoms with Gasteiger partial charge < -0.3 is 9.47 Å². The third kappa shape index (κ3) is 3.49. The number of aromatic nitrogens is 2. The third-order valence-corrected chi connectivity index (χ3v) is 4.25. The van der Waals surface area contributed by atoms with Crippen LogP contribution in [0.3, 0.4) is 0 Å². The van der Waals surface area contributed by atoms with Crippen molar-refractivity contribution >= 4 is 11.6 Å². The Morgan fingerprint density at radius 2 is 1.68 bits per heavy atom. The Morgan fingerprint density at radius 1 is 1.04 bits per heavy atom. The van der Waals surface area contributed by atoms with Crippen LogP contribution >= 0.6 is 11.6 Å². The van der Waals surface area contributed by atoms with Crippen LogP contribution in [0.1, 0.15) is 11.3 Å². The summed E-state index contributed by atoms with van der Waals surface area (Å²) < 4.78 is 51.9. The molecule has 0 fully saturated rings. The molecule has 0 saturated heterocycles. The zero-order valence-electron chi connectivity index (χ0n) is 14.7. The number of alkyl halides is 3. The number of rotatable bonds is 4. The van der Waals surface area contributed by atoms with E-state index in [4.69, 9.17) is 21.1 Å². The molecule has 1 heterocycles. The number of benzene rings is 2. The topological polar surface area (TPSA) is 60.1 Å². The summed E-state index contributed by atoms with van der Waals surface area (Å²) in [4.78, 5) is 0. The Morgan fingerprint density at radius 3 is 2.21 bits per heavy atom. The van der Waals surface area contributed by atoms with Crippen LogP contribution in [-0.4, -0.2) is 24.0 Å². The van der Waals surface area contributed by atoms with Crippen LogP contribution in [0.5, 0.6) is 11.5 Å². The van der Waals surface area contributed by atoms with Crippen LogP contribution in [-0.2, 0) is 6.18 Å². The van der Waals surface area contributed by atoms with E-state index in [0.29, 0.717) is 27.8 Å². The van der Waals surface area contributed by atoms with E-state index in [-0.39, 0.29) is 5.69 Å². The van der Waals surface area contributed by atoms with Gasteiger partial charge in [-0.25, -0.2) is 4.68 Å². The highest BCUT2D eigenvalue weighted by Gasteiger charge is 2.40. The fourth-order valence-electron chi connectivity index (χ4n) is 2.74. The van der Waals surface area contributed by atoms with E-state index in [0.717, 1.165) is 4.68 Å². The minimum atomic E-state index is -4.80. The van der Waals surface area contributed by atoms with Crippen molar-refractivity contribution in [2.24, 2.45) is 0 Å². The SMILES string of the molecule is COc1ccc(-c2c(C#N)c(C(F)(F)F)nn2-c2ccc(Cl)cc2)cc1OC. The van der Waals surface area contributed by atoms with E-state index in [2.05, 4.69) is 5.10 Å². The maximum atomic E-state index is 13.5. The lowest BCUT2D eigenvalue weighted by atomic mass is 10.0. The molecule has 0 aliphatic carbocycles. The Balaban J connectivity index is 2.34. The van der Waals surface area contributed by atoms with E-state index in [9.17, 15) is 18.4 Å². The lowest BCUT2D eigenvalue weighted by molar-refractivity contribution is -0.141. The van der Waals surface area contributed by atoms with Crippen molar-refractivity contribution in [1.29, 1.82) is 5.26 Å². The maximum absolute atomic E-state index is 13.5. The summed E-state index contributed by atoms with van der Waals surface area (Å²) in [7, 11) is 2.85. The molecule has 0 spiro atoms. The van der Waals surface area contributed by atoms with E-state index in [1.165, 1.54) is 50.6 Å². The fraction of sp³-hybridized carbons (Fsp3) is 0.158. The minimum absolute atomic E-state index is 0.0156. The van der Waals surface area contributed by atoms with Crippen molar-refractivity contribution in [3.8, 4) is 34.5 Å². The van der Waals surface area contributed by atoms with Crippen LogP contribution in [0.15, 0.2) is 42.5 Å². The average Bonchev–Trinajstić information content (AvgIpc) is 3.08. The Kier molecular flexibility index (Phi) is 5.21. The van der Waals surface area contributed by atoms with Crippen molar-refractivity contribution in [3.63, 3.8) is 0 Å². The Bertz CT molecular complexity index is 1050. The Labute approximate surface area is 163 Å². The normalized spacial score (nSPS) is 11.2. The van der Waals surface area contributed by atoms with E-state index in [1.807, 2.05) is 0 Å². The molecule has 0 radical (unpaired) electrons. The fourth-order valence-corrected chi connectivity index (χ4v) is 2.87. The van der Waals surface area contributed by atoms with Gasteiger partial charge in [0.15, 0.2) is 17.2 Å². The summed E-state index contributed by atoms with van der Waals surface area (Å²) in [6.45, 7) is 0. The number of hydrogen-bond acceptors (Lipinski definition) is 4. The summed E-state index contributed by atoms with van der Waals surface area (Å²) in [5.74, 6) is 0.708. The number of ether oxygens (including phenoxy) is 2. The smallest absolute Gasteiger partial charge is 0.436 e. The minimum Gasteiger partial charge on any atom is -0.493 e. The zero-order chi connectivity index (χ0) is 20.5. The first-order valence-electron chi connectivity index (χ1n) is 7.88. The number of methoxy groups -OCH3 is 2. The molecular formula is C19H13ClF3N3O2. The second-order valence-electron chi connectivity index (χ2n) is 5.64. The number of hydrogen-bond donors (Lipinski definition) is 0. The van der Waals surface area contributed by atoms with Gasteiger partial charge in [0, 0.05) is 10.6 Å². The van der Waals surface area contributed by atoms with Crippen LogP contribution in [0.25, 0.3) is 16.9 Å². The van der Waals surface area contributed by atoms with Crippen LogP contribution in [0.4, 0.5) is 13.2 Å². The van der Waals surface area contributed by atoms with Crippen molar-refractivity contribution in [3.05, 3.63) is 58.7 Å². The van der Waals surface area contributed by atoms with Gasteiger partial charge in [0.1, 0.15) is 11.6 Å². The highest BCUT2D eigenvalue weighted by molar-refractivity contribution is 6.30. The van der Waals surface area contributed by atoms with Gasteiger partial charge in [0.05, 0.1) is 25.6 Å². The molecule has 2 aromatic carbocycles. The first kappa shape index (κ1) is 19.6. The van der Waals surface area contributed by atoms with Gasteiger partial charge in [0.25, 0.3) is 0 Å². The molecule has 5 nitrogen and oxygen atoms in total. The van der Waals surface area contributed by atoms with Gasteiger partial charge in [-0.3, -0.25) is 0 Å². The molecule has 0 atom stereocenters. The molecular weight excluding hydrogens is 395 g/mol. The van der Waals surface area contributed by atoms with Gasteiger partial charge in [0.2, 0.25) is 0 Å². The van der Waals surface area contributed by atoms with Crippen molar-refractivity contribution in [2.75, 3.05) is 14.2 Å². The number of nitrogens with zero attached hydrogens (tertiary/aromatic N) is 3. The molecule has 0 aliphatic heterocycles. The largest absolute Gasteiger partial charge is 0.493 e. The van der Waals surface area contributed by atoms with Crippen molar-refractivity contribution in [2.45, 2.75) is 6.18 Å². The summed E-state index contributed by atoms with van der Waals surface area (Å²) in [5, 5.41) is 13.6. The van der Waals surface area contributed by atoms with Gasteiger partial charge >= 0.3 is 6.18 Å². The molecule has 3 rings (SSSR count). The number of nitriles is 1. The van der Waals surface area contributed by atoms with Crippen molar-refractivity contribution < 1.29 is 22.6 Å². The van der Waals surface area contributed by atoms with E-state index < -0.39 is 17.4 Å². The van der Waals surface area contributed by atoms with Gasteiger partial charge in [-0.15, -0.1) is 0 Å². The van der Waals surface area contributed by atoms with Crippen molar-refractivity contribution in [1.82, 2.24) is 9.78 Å². The predicted molar refractivity (Wildman–Crippen MR) is 96.8 cm³/mol. The molecule has 0 N–H and O–H groups in total. The maximum Gasteiger partial charge on any atom is 0.436 e. The average molecular weight is 408 g/mol. The number of halogens is 4. The molecule has 0 bridgehead atoms. The van der Waals surface area contributed by atoms with E-state index >= 15 is 0 Å². The molecule has 0 amide bonds. The zero-order valence-corrected chi connectivity index (χ0v) is 15.5. The second kappa shape index (κ2) is 7.44. The summed E-state index contributed by atoms with van der Waals surface area (Å²) >= 11 is 5.87. The summed E-state index contributed by atoms with van der Waals surface area (Å²) in [5.41, 5.74) is -1.24. The van der Waals surface area contributed by atoms with E-state index in [1.54, 1.807) is 12.1 Å². The molecule has 0 saturated carbocycles. The molecule has 144 valence electrons. The molecule has 3 aromatic rings. The Hall–Kier alpha value is -3.18. The summed E-state index contributed by atoms with van der Waals surface area (Å²) in [6.07, 6.45) is -4.80. The predicted octanol–water partition coefficient (Wildman–Crippen LogP) is 5.10. The van der Waals surface area contributed by atoms with Gasteiger partial charge in [-0.05, 0) is 42.5 Å². The quantitative estimate of drug-likeness (QED) is 0.603. The lowest BCUT2D eigenvalue weighted by Crippen LogP contribution is -2.08. The third-order valence-electron chi connectivity index (χ3n) is 3.99. The monoisotopic (exact) mass is 407 g/mol. The standard InChI is InChI=1S/C19H13ClF3N3O2/c1-27-15-8-3-11(9-16(15)28-2)17-14(10-24)18(19(21,22)23)25-26(17)13-6-4-12(20)5-7-13/h3-9H,1-2H3. The molecule has 0 aliphatic rings. The highest BCUT2D eigenvalue weighted by atomic mass is 35.5. The summed E-state index contributed by atoms with van der Waals surface area (Å²) in [6, 6.07) is 12.3. The second-order valence-corrected chi connectivity index (χ2v) is 6.08. The molecule has 9 heteroatoms. The van der Waals surface area contributed by atoms with Crippen LogP contribution in [0, 0.1) is 11.3 Å². The molecule has 0 unspecified atom stereocenters. The lowest BCUT2D eigenvalue weighted by Gasteiger charge is -2.12. The van der Waals surface area contributed by atoms with Gasteiger partial charge in [-0.2, -0.15) is 23.5 Å². The highest BCUT2D eigenvalue weighted by Crippen LogP contribution is 2.39. The first-order valence-corrected chi connectivity index (χ1v) is 8.26. The van der Waals surface area contributed by atoms with Crippen LogP contribution < -0.4 is 9.47 Å². The van der Waals surface area contributed by atoms with Gasteiger partial charge in [-0.1, -0.05) is 11.6 Å². The first-order chi connectivity index (χ1) is 13.3. The molecule has 1 aromatic heterocycles.